The van der Waals surface area contributed by atoms with E-state index in [4.69, 9.17) is 4.52 Å². The van der Waals surface area contributed by atoms with Crippen molar-refractivity contribution in [2.75, 3.05) is 13.1 Å². The zero-order valence-electron chi connectivity index (χ0n) is 16.1. The number of nitrogens with one attached hydrogen (secondary N) is 1. The van der Waals surface area contributed by atoms with E-state index in [2.05, 4.69) is 10.5 Å². The van der Waals surface area contributed by atoms with Crippen LogP contribution in [0.25, 0.3) is 0 Å². The maximum Gasteiger partial charge on any atom is 0.273 e. The predicted octanol–water partition coefficient (Wildman–Crippen LogP) is 3.62. The fourth-order valence-electron chi connectivity index (χ4n) is 3.61. The minimum absolute atomic E-state index is 0.0237. The van der Waals surface area contributed by atoms with Crippen LogP contribution in [0, 0.1) is 0 Å². The second-order valence-corrected chi connectivity index (χ2v) is 7.24. The lowest BCUT2D eigenvalue weighted by atomic mass is 9.94. The van der Waals surface area contributed by atoms with E-state index in [9.17, 15) is 9.59 Å². The van der Waals surface area contributed by atoms with Crippen LogP contribution in [-0.4, -0.2) is 35.0 Å². The minimum atomic E-state index is -0.267. The number of likely N-dealkylation sites (tertiary alicyclic amines) is 1. The van der Waals surface area contributed by atoms with Gasteiger partial charge in [0.2, 0.25) is 0 Å². The number of rotatable bonds is 5. The van der Waals surface area contributed by atoms with Crippen molar-refractivity contribution in [1.29, 1.82) is 0 Å². The van der Waals surface area contributed by atoms with Gasteiger partial charge in [0.05, 0.1) is 0 Å². The van der Waals surface area contributed by atoms with Crippen LogP contribution in [0.2, 0.25) is 0 Å². The first-order chi connectivity index (χ1) is 14.2. The van der Waals surface area contributed by atoms with Gasteiger partial charge < -0.3 is 14.7 Å². The molecule has 2 amide bonds. The largest absolute Gasteiger partial charge is 0.360 e. The highest BCUT2D eigenvalue weighted by atomic mass is 16.5. The van der Waals surface area contributed by atoms with Crippen molar-refractivity contribution in [3.05, 3.63) is 89.3 Å². The summed E-state index contributed by atoms with van der Waals surface area (Å²) in [5.41, 5.74) is 1.97. The van der Waals surface area contributed by atoms with E-state index in [0.29, 0.717) is 24.4 Å². The summed E-state index contributed by atoms with van der Waals surface area (Å²) in [6.45, 7) is 1.72. The van der Waals surface area contributed by atoms with E-state index >= 15 is 0 Å². The molecule has 1 unspecified atom stereocenters. The summed E-state index contributed by atoms with van der Waals surface area (Å²) in [5.74, 6) is 0.451. The number of carbonyl (C=O) groups is 2. The third-order valence-electron chi connectivity index (χ3n) is 5.19. The van der Waals surface area contributed by atoms with Crippen molar-refractivity contribution >= 4 is 11.8 Å². The van der Waals surface area contributed by atoms with E-state index in [1.807, 2.05) is 65.6 Å². The molecule has 0 spiro atoms. The molecule has 1 aliphatic heterocycles. The fraction of sp³-hybridized carbons (Fsp3) is 0.261. The van der Waals surface area contributed by atoms with Gasteiger partial charge in [-0.3, -0.25) is 9.59 Å². The van der Waals surface area contributed by atoms with Crippen molar-refractivity contribution in [3.63, 3.8) is 0 Å². The molecule has 3 aromatic rings. The Hall–Kier alpha value is -3.41. The molecular formula is C23H23N3O3. The van der Waals surface area contributed by atoms with Crippen LogP contribution in [0.1, 0.15) is 50.9 Å². The van der Waals surface area contributed by atoms with Crippen molar-refractivity contribution in [1.82, 2.24) is 15.4 Å². The van der Waals surface area contributed by atoms with Gasteiger partial charge in [0.15, 0.2) is 5.69 Å². The van der Waals surface area contributed by atoms with Gasteiger partial charge in [-0.15, -0.1) is 0 Å². The van der Waals surface area contributed by atoms with E-state index < -0.39 is 0 Å². The molecule has 1 saturated heterocycles. The number of hydrogen-bond donors (Lipinski definition) is 1. The molecule has 4 rings (SSSR count). The molecule has 1 N–H and O–H groups in total. The van der Waals surface area contributed by atoms with Gasteiger partial charge >= 0.3 is 0 Å². The Labute approximate surface area is 169 Å². The van der Waals surface area contributed by atoms with Gasteiger partial charge in [-0.1, -0.05) is 53.7 Å². The van der Waals surface area contributed by atoms with Gasteiger partial charge in [0, 0.05) is 37.2 Å². The lowest BCUT2D eigenvalue weighted by Crippen LogP contribution is -2.39. The lowest BCUT2D eigenvalue weighted by molar-refractivity contribution is 0.0697. The highest BCUT2D eigenvalue weighted by molar-refractivity contribution is 5.94. The van der Waals surface area contributed by atoms with E-state index in [1.54, 1.807) is 6.07 Å². The molecule has 0 bridgehead atoms. The summed E-state index contributed by atoms with van der Waals surface area (Å²) < 4.78 is 5.46. The topological polar surface area (TPSA) is 75.4 Å². The highest BCUT2D eigenvalue weighted by Crippen LogP contribution is 2.28. The highest BCUT2D eigenvalue weighted by Gasteiger charge is 2.28. The summed E-state index contributed by atoms with van der Waals surface area (Å²) in [4.78, 5) is 26.9. The average Bonchev–Trinajstić information content (AvgIpc) is 3.29. The molecule has 148 valence electrons. The van der Waals surface area contributed by atoms with Crippen LogP contribution >= 0.6 is 0 Å². The van der Waals surface area contributed by atoms with Gasteiger partial charge in [-0.2, -0.15) is 0 Å². The Morgan fingerprint density at radius 1 is 1.07 bits per heavy atom. The maximum absolute atomic E-state index is 12.7. The molecule has 0 saturated carbocycles. The number of benzene rings is 2. The average molecular weight is 389 g/mol. The fourth-order valence-corrected chi connectivity index (χ4v) is 3.61. The number of amides is 2. The molecule has 6 nitrogen and oxygen atoms in total. The monoisotopic (exact) mass is 389 g/mol. The first kappa shape index (κ1) is 18.9. The molecule has 2 heterocycles. The van der Waals surface area contributed by atoms with E-state index in [-0.39, 0.29) is 23.4 Å². The van der Waals surface area contributed by atoms with Gasteiger partial charge in [-0.05, 0) is 30.5 Å². The van der Waals surface area contributed by atoms with Crippen LogP contribution in [0.5, 0.6) is 0 Å². The summed E-state index contributed by atoms with van der Waals surface area (Å²) >= 11 is 0. The molecule has 1 aliphatic rings. The summed E-state index contributed by atoms with van der Waals surface area (Å²) in [6, 6.07) is 20.7. The Kier molecular flexibility index (Phi) is 5.70. The van der Waals surface area contributed by atoms with Crippen molar-refractivity contribution in [2.24, 2.45) is 0 Å². The zero-order chi connectivity index (χ0) is 20.1. The zero-order valence-corrected chi connectivity index (χ0v) is 16.1. The van der Waals surface area contributed by atoms with Crippen molar-refractivity contribution < 1.29 is 14.1 Å². The molecule has 0 radical (unpaired) electrons. The molecule has 1 atom stereocenters. The predicted molar refractivity (Wildman–Crippen MR) is 108 cm³/mol. The Balaban J connectivity index is 1.38. The second kappa shape index (κ2) is 8.73. The third kappa shape index (κ3) is 4.54. The molecule has 1 fully saturated rings. The van der Waals surface area contributed by atoms with Crippen molar-refractivity contribution in [2.45, 2.75) is 25.3 Å². The number of piperidine rings is 1. The molecular weight excluding hydrogens is 366 g/mol. The normalized spacial score (nSPS) is 16.4. The SMILES string of the molecule is O=C(NCc1ccccc1)c1cc(C2CCCN(C(=O)c3ccccc3)C2)on1. The van der Waals surface area contributed by atoms with Gasteiger partial charge in [0.25, 0.3) is 11.8 Å². The second-order valence-electron chi connectivity index (χ2n) is 7.24. The van der Waals surface area contributed by atoms with Crippen molar-refractivity contribution in [3.8, 4) is 0 Å². The Bertz CT molecular complexity index is 969. The van der Waals surface area contributed by atoms with E-state index in [0.717, 1.165) is 24.9 Å². The van der Waals surface area contributed by atoms with Gasteiger partial charge in [-0.25, -0.2) is 0 Å². The maximum atomic E-state index is 12.7. The molecule has 6 heteroatoms. The number of aromatic nitrogens is 1. The van der Waals surface area contributed by atoms with E-state index in [1.165, 1.54) is 0 Å². The van der Waals surface area contributed by atoms with Crippen LogP contribution in [-0.2, 0) is 6.54 Å². The van der Waals surface area contributed by atoms with Crippen LogP contribution in [0.15, 0.2) is 71.3 Å². The Morgan fingerprint density at radius 2 is 1.79 bits per heavy atom. The molecule has 1 aromatic heterocycles. The smallest absolute Gasteiger partial charge is 0.273 e. The molecule has 2 aromatic carbocycles. The quantitative estimate of drug-likeness (QED) is 0.723. The molecule has 29 heavy (non-hydrogen) atoms. The Morgan fingerprint density at radius 3 is 2.55 bits per heavy atom. The molecule has 0 aliphatic carbocycles. The third-order valence-corrected chi connectivity index (χ3v) is 5.19. The van der Waals surface area contributed by atoms with Crippen LogP contribution < -0.4 is 5.32 Å². The first-order valence-electron chi connectivity index (χ1n) is 9.84. The summed E-state index contributed by atoms with van der Waals surface area (Å²) in [6.07, 6.45) is 1.79. The van der Waals surface area contributed by atoms with Crippen LogP contribution in [0.4, 0.5) is 0 Å². The number of nitrogens with zero attached hydrogens (tertiary/aromatic N) is 2. The number of carbonyl (C=O) groups excluding carboxylic acids is 2. The first-order valence-corrected chi connectivity index (χ1v) is 9.84. The minimum Gasteiger partial charge on any atom is -0.360 e. The van der Waals surface area contributed by atoms with Gasteiger partial charge in [0.1, 0.15) is 5.76 Å². The summed E-state index contributed by atoms with van der Waals surface area (Å²) in [7, 11) is 0. The summed E-state index contributed by atoms with van der Waals surface area (Å²) in [5, 5.41) is 6.80. The lowest BCUT2D eigenvalue weighted by Gasteiger charge is -2.31. The number of hydrogen-bond acceptors (Lipinski definition) is 4. The standard InChI is InChI=1S/C23H23N3O3/c27-22(24-15-17-8-3-1-4-9-17)20-14-21(29-25-20)19-12-7-13-26(16-19)23(28)18-10-5-2-6-11-18/h1-6,8-11,14,19H,7,12-13,15-16H2,(H,24,27). The van der Waals surface area contributed by atoms with Crippen LogP contribution in [0.3, 0.4) is 0 Å².